The lowest BCUT2D eigenvalue weighted by Crippen LogP contribution is -2.29. The molecule has 2 aromatic heterocycles. The zero-order valence-electron chi connectivity index (χ0n) is 15.2. The van der Waals surface area contributed by atoms with Gasteiger partial charge in [-0.3, -0.25) is 14.3 Å². The average molecular weight is 357 g/mol. The first kappa shape index (κ1) is 17.8. The van der Waals surface area contributed by atoms with Crippen LogP contribution in [0.1, 0.15) is 20.3 Å². The number of anilines is 1. The summed E-state index contributed by atoms with van der Waals surface area (Å²) in [5.41, 5.74) is -0.228. The fourth-order valence-corrected chi connectivity index (χ4v) is 2.66. The van der Waals surface area contributed by atoms with Gasteiger partial charge in [-0.2, -0.15) is 4.98 Å². The summed E-state index contributed by atoms with van der Waals surface area (Å²) in [7, 11) is 1.59. The summed E-state index contributed by atoms with van der Waals surface area (Å²) < 4.78 is 8.86. The number of hydrogen-bond acceptors (Lipinski definition) is 5. The second-order valence-corrected chi connectivity index (χ2v) is 6.19. The van der Waals surface area contributed by atoms with E-state index in [4.69, 9.17) is 4.74 Å². The van der Waals surface area contributed by atoms with E-state index in [-0.39, 0.29) is 6.04 Å². The third-order valence-corrected chi connectivity index (χ3v) is 4.32. The smallest absolute Gasteiger partial charge is 0.329 e. The number of nitrogens with zero attached hydrogens (tertiary/aromatic N) is 3. The molecule has 8 nitrogen and oxygen atoms in total. The van der Waals surface area contributed by atoms with E-state index in [0.29, 0.717) is 30.3 Å². The Balaban J connectivity index is 1.97. The van der Waals surface area contributed by atoms with Gasteiger partial charge in [-0.25, -0.2) is 4.79 Å². The number of imidazole rings is 1. The van der Waals surface area contributed by atoms with Gasteiger partial charge < -0.3 is 14.6 Å². The Kier molecular flexibility index (Phi) is 5.11. The maximum atomic E-state index is 12.4. The van der Waals surface area contributed by atoms with Crippen LogP contribution in [-0.2, 0) is 13.6 Å². The van der Waals surface area contributed by atoms with Crippen LogP contribution >= 0.6 is 0 Å². The Bertz CT molecular complexity index is 1000. The Morgan fingerprint density at radius 1 is 1.27 bits per heavy atom. The molecule has 0 fully saturated rings. The van der Waals surface area contributed by atoms with Crippen molar-refractivity contribution in [1.29, 1.82) is 0 Å². The normalized spacial score (nSPS) is 12.3. The molecule has 1 atom stereocenters. The van der Waals surface area contributed by atoms with Crippen LogP contribution in [0, 0.1) is 0 Å². The molecule has 0 spiro atoms. The van der Waals surface area contributed by atoms with Gasteiger partial charge in [0.15, 0.2) is 11.2 Å². The van der Waals surface area contributed by atoms with Crippen LogP contribution in [0.3, 0.4) is 0 Å². The number of H-pyrrole nitrogens is 1. The van der Waals surface area contributed by atoms with E-state index in [0.717, 1.165) is 12.2 Å². The number of ether oxygens (including phenoxy) is 1. The number of hydrogen-bond donors (Lipinski definition) is 2. The van der Waals surface area contributed by atoms with Gasteiger partial charge in [0.2, 0.25) is 5.95 Å². The van der Waals surface area contributed by atoms with Crippen LogP contribution in [0.4, 0.5) is 5.95 Å². The number of benzene rings is 1. The monoisotopic (exact) mass is 357 g/mol. The minimum atomic E-state index is -0.484. The molecule has 0 amide bonds. The molecule has 0 saturated carbocycles. The molecule has 3 rings (SSSR count). The average Bonchev–Trinajstić information content (AvgIpc) is 2.99. The quantitative estimate of drug-likeness (QED) is 0.671. The van der Waals surface area contributed by atoms with Crippen molar-refractivity contribution in [3.63, 3.8) is 0 Å². The molecule has 0 unspecified atom stereocenters. The Hall–Kier alpha value is -3.03. The molecule has 0 radical (unpaired) electrons. The first-order chi connectivity index (χ1) is 12.5. The maximum Gasteiger partial charge on any atom is 0.329 e. The summed E-state index contributed by atoms with van der Waals surface area (Å²) in [5, 5.41) is 3.30. The third-order valence-electron chi connectivity index (χ3n) is 4.32. The predicted octanol–water partition coefficient (Wildman–Crippen LogP) is 1.71. The first-order valence-electron chi connectivity index (χ1n) is 8.65. The van der Waals surface area contributed by atoms with Gasteiger partial charge in [0, 0.05) is 13.1 Å². The molecule has 2 heterocycles. The summed E-state index contributed by atoms with van der Waals surface area (Å²) in [5.74, 6) is 1.31. The number of aromatic nitrogens is 4. The van der Waals surface area contributed by atoms with Gasteiger partial charge in [0.25, 0.3) is 5.56 Å². The van der Waals surface area contributed by atoms with Crippen LogP contribution in [0.15, 0.2) is 39.9 Å². The van der Waals surface area contributed by atoms with Gasteiger partial charge in [-0.1, -0.05) is 25.1 Å². The molecule has 0 aliphatic carbocycles. The zero-order chi connectivity index (χ0) is 18.7. The number of fused-ring (bicyclic) bond motifs is 1. The van der Waals surface area contributed by atoms with Crippen molar-refractivity contribution in [1.82, 2.24) is 19.1 Å². The van der Waals surface area contributed by atoms with Crippen molar-refractivity contribution >= 4 is 17.1 Å². The summed E-state index contributed by atoms with van der Waals surface area (Å²) in [6.45, 7) is 4.89. The van der Waals surface area contributed by atoms with Crippen molar-refractivity contribution in [2.24, 2.45) is 7.05 Å². The standard InChI is InChI=1S/C18H23N5O3/c1-4-12(2)19-17-20-15-14(16(24)21-18(25)22(15)3)23(17)10-11-26-13-8-6-5-7-9-13/h5-9,12H,4,10-11H2,1-3H3,(H,19,20)(H,21,24,25)/t12-/m1/s1. The largest absolute Gasteiger partial charge is 0.492 e. The van der Waals surface area contributed by atoms with E-state index < -0.39 is 11.2 Å². The van der Waals surface area contributed by atoms with Crippen LogP contribution in [0.2, 0.25) is 0 Å². The summed E-state index contributed by atoms with van der Waals surface area (Å²) in [6, 6.07) is 9.65. The fraction of sp³-hybridized carbons (Fsp3) is 0.389. The predicted molar refractivity (Wildman–Crippen MR) is 101 cm³/mol. The number of aryl methyl sites for hydroxylation is 1. The molecule has 8 heteroatoms. The Morgan fingerprint density at radius 2 is 2.00 bits per heavy atom. The first-order valence-corrected chi connectivity index (χ1v) is 8.65. The SMILES string of the molecule is CC[C@@H](C)Nc1nc2c(c(=O)[nH]c(=O)n2C)n1CCOc1ccccc1. The van der Waals surface area contributed by atoms with Gasteiger partial charge in [-0.15, -0.1) is 0 Å². The molecule has 138 valence electrons. The zero-order valence-corrected chi connectivity index (χ0v) is 15.2. The fourth-order valence-electron chi connectivity index (χ4n) is 2.66. The highest BCUT2D eigenvalue weighted by Gasteiger charge is 2.18. The molecule has 0 saturated heterocycles. The number of rotatable bonds is 7. The molecule has 0 aliphatic heterocycles. The lowest BCUT2D eigenvalue weighted by Gasteiger charge is -2.15. The van der Waals surface area contributed by atoms with Gasteiger partial charge in [0.1, 0.15) is 12.4 Å². The van der Waals surface area contributed by atoms with Gasteiger partial charge >= 0.3 is 5.69 Å². The van der Waals surface area contributed by atoms with Crippen LogP contribution in [0.25, 0.3) is 11.2 Å². The highest BCUT2D eigenvalue weighted by Crippen LogP contribution is 2.17. The number of para-hydroxylation sites is 1. The Morgan fingerprint density at radius 3 is 2.69 bits per heavy atom. The van der Waals surface area contributed by atoms with E-state index in [9.17, 15) is 9.59 Å². The highest BCUT2D eigenvalue weighted by atomic mass is 16.5. The van der Waals surface area contributed by atoms with E-state index in [1.165, 1.54) is 4.57 Å². The molecule has 3 aromatic rings. The van der Waals surface area contributed by atoms with Crippen molar-refractivity contribution < 1.29 is 4.74 Å². The van der Waals surface area contributed by atoms with E-state index in [1.807, 2.05) is 37.3 Å². The topological polar surface area (TPSA) is 93.9 Å². The van der Waals surface area contributed by atoms with Gasteiger partial charge in [0.05, 0.1) is 6.54 Å². The van der Waals surface area contributed by atoms with E-state index in [1.54, 1.807) is 11.6 Å². The second-order valence-electron chi connectivity index (χ2n) is 6.19. The highest BCUT2D eigenvalue weighted by molar-refractivity contribution is 5.74. The molecule has 26 heavy (non-hydrogen) atoms. The van der Waals surface area contributed by atoms with Crippen LogP contribution in [-0.4, -0.2) is 31.8 Å². The summed E-state index contributed by atoms with van der Waals surface area (Å²) in [6.07, 6.45) is 0.902. The molecule has 0 aliphatic rings. The molecular formula is C18H23N5O3. The number of nitrogens with one attached hydrogen (secondary N) is 2. The van der Waals surface area contributed by atoms with Crippen molar-refractivity contribution in [3.05, 3.63) is 51.2 Å². The van der Waals surface area contributed by atoms with E-state index in [2.05, 4.69) is 22.2 Å². The Labute approximate surface area is 150 Å². The molecular weight excluding hydrogens is 334 g/mol. The minimum absolute atomic E-state index is 0.178. The third kappa shape index (κ3) is 3.49. The van der Waals surface area contributed by atoms with Crippen LogP contribution in [0.5, 0.6) is 5.75 Å². The molecule has 1 aromatic carbocycles. The molecule has 0 bridgehead atoms. The minimum Gasteiger partial charge on any atom is -0.492 e. The molecule has 2 N–H and O–H groups in total. The summed E-state index contributed by atoms with van der Waals surface area (Å²) in [4.78, 5) is 31.1. The van der Waals surface area contributed by atoms with E-state index >= 15 is 0 Å². The van der Waals surface area contributed by atoms with Crippen molar-refractivity contribution in [2.45, 2.75) is 32.9 Å². The van der Waals surface area contributed by atoms with Crippen molar-refractivity contribution in [3.8, 4) is 5.75 Å². The summed E-state index contributed by atoms with van der Waals surface area (Å²) >= 11 is 0. The second kappa shape index (κ2) is 7.47. The number of aromatic amines is 1. The van der Waals surface area contributed by atoms with Crippen molar-refractivity contribution in [2.75, 3.05) is 11.9 Å². The lowest BCUT2D eigenvalue weighted by molar-refractivity contribution is 0.300. The van der Waals surface area contributed by atoms with Crippen LogP contribution < -0.4 is 21.3 Å². The lowest BCUT2D eigenvalue weighted by atomic mass is 10.3. The maximum absolute atomic E-state index is 12.4. The van der Waals surface area contributed by atoms with Gasteiger partial charge in [-0.05, 0) is 25.5 Å².